The average molecular weight is 268 g/mol. The second-order valence-corrected chi connectivity index (χ2v) is 4.26. The van der Waals surface area contributed by atoms with Crippen molar-refractivity contribution in [2.45, 2.75) is 13.5 Å². The Balaban J connectivity index is 2.17. The second-order valence-electron chi connectivity index (χ2n) is 4.26. The third kappa shape index (κ3) is 2.90. The summed E-state index contributed by atoms with van der Waals surface area (Å²) in [5.74, 6) is 0. The molecule has 1 aromatic carbocycles. The van der Waals surface area contributed by atoms with Crippen LogP contribution < -0.4 is 5.32 Å². The lowest BCUT2D eigenvalue weighted by Crippen LogP contribution is -2.02. The number of aromatic nitrogens is 1. The number of rotatable bonds is 4. The Kier molecular flexibility index (Phi) is 3.91. The van der Waals surface area contributed by atoms with E-state index in [0.717, 1.165) is 11.1 Å². The van der Waals surface area contributed by atoms with Crippen LogP contribution in [0.1, 0.15) is 16.7 Å². The van der Waals surface area contributed by atoms with Crippen molar-refractivity contribution >= 4 is 11.4 Å². The van der Waals surface area contributed by atoms with Crippen LogP contribution in [0.15, 0.2) is 36.7 Å². The molecule has 0 amide bonds. The third-order valence-corrected chi connectivity index (χ3v) is 2.93. The summed E-state index contributed by atoms with van der Waals surface area (Å²) < 4.78 is 0. The van der Waals surface area contributed by atoms with Crippen LogP contribution in [-0.4, -0.2) is 9.91 Å². The number of hydrogen-bond donors (Lipinski definition) is 1. The maximum Gasteiger partial charge on any atom is 0.287 e. The molecule has 1 heterocycles. The predicted molar refractivity (Wildman–Crippen MR) is 74.1 cm³/mol. The molecule has 1 aromatic heterocycles. The maximum atomic E-state index is 10.7. The van der Waals surface area contributed by atoms with Gasteiger partial charge in [-0.2, -0.15) is 5.26 Å². The van der Waals surface area contributed by atoms with Crippen molar-refractivity contribution in [2.24, 2.45) is 0 Å². The molecular formula is C14H12N4O2. The fourth-order valence-corrected chi connectivity index (χ4v) is 1.79. The highest BCUT2D eigenvalue weighted by molar-refractivity contribution is 5.58. The minimum atomic E-state index is -0.560. The Bertz CT molecular complexity index is 692. The average Bonchev–Trinajstić information content (AvgIpc) is 2.46. The zero-order valence-electron chi connectivity index (χ0n) is 10.8. The molecule has 0 unspecified atom stereocenters. The maximum absolute atomic E-state index is 10.7. The number of hydrogen-bond acceptors (Lipinski definition) is 5. The van der Waals surface area contributed by atoms with Crippen molar-refractivity contribution in [3.8, 4) is 6.07 Å². The van der Waals surface area contributed by atoms with E-state index >= 15 is 0 Å². The molecule has 0 fully saturated rings. The van der Waals surface area contributed by atoms with E-state index in [0.29, 0.717) is 12.2 Å². The zero-order valence-corrected chi connectivity index (χ0v) is 10.8. The molecule has 0 aliphatic heterocycles. The van der Waals surface area contributed by atoms with E-state index in [4.69, 9.17) is 5.26 Å². The molecule has 0 bridgehead atoms. The van der Waals surface area contributed by atoms with Crippen LogP contribution in [0.3, 0.4) is 0 Å². The summed E-state index contributed by atoms with van der Waals surface area (Å²) in [5.41, 5.74) is 2.67. The van der Waals surface area contributed by atoms with Gasteiger partial charge in [-0.05, 0) is 36.2 Å². The first-order valence-corrected chi connectivity index (χ1v) is 5.93. The topological polar surface area (TPSA) is 91.8 Å². The molecule has 20 heavy (non-hydrogen) atoms. The number of benzene rings is 1. The lowest BCUT2D eigenvalue weighted by Gasteiger charge is -2.08. The van der Waals surface area contributed by atoms with Crippen molar-refractivity contribution in [1.29, 1.82) is 5.26 Å². The summed E-state index contributed by atoms with van der Waals surface area (Å²) in [6.45, 7) is 2.53. The lowest BCUT2D eigenvalue weighted by atomic mass is 10.1. The molecule has 1 N–H and O–H groups in total. The van der Waals surface area contributed by atoms with Gasteiger partial charge in [-0.1, -0.05) is 0 Å². The predicted octanol–water partition coefficient (Wildman–Crippen LogP) is 2.78. The van der Waals surface area contributed by atoms with Gasteiger partial charge in [0.25, 0.3) is 5.69 Å². The van der Waals surface area contributed by atoms with Crippen molar-refractivity contribution < 1.29 is 4.92 Å². The minimum absolute atomic E-state index is 0.0476. The van der Waals surface area contributed by atoms with E-state index in [-0.39, 0.29) is 11.3 Å². The quantitative estimate of drug-likeness (QED) is 0.680. The minimum Gasteiger partial charge on any atom is -0.381 e. The van der Waals surface area contributed by atoms with Gasteiger partial charge in [0, 0.05) is 30.7 Å². The highest BCUT2D eigenvalue weighted by Crippen LogP contribution is 2.22. The van der Waals surface area contributed by atoms with Gasteiger partial charge in [0.1, 0.15) is 11.6 Å². The molecule has 0 saturated carbocycles. The first-order chi connectivity index (χ1) is 9.61. The summed E-state index contributed by atoms with van der Waals surface area (Å²) in [6.07, 6.45) is 3.48. The van der Waals surface area contributed by atoms with Gasteiger partial charge < -0.3 is 5.32 Å². The standard InChI is InChI=1S/C14H12N4O2/c1-10-8-16-5-4-11(10)9-17-13-2-3-14(18(19)20)12(6-13)7-15/h2-6,8,17H,9H2,1H3. The molecule has 100 valence electrons. The Hall–Kier alpha value is -2.94. The molecule has 0 aliphatic rings. The fraction of sp³-hybridized carbons (Fsp3) is 0.143. The molecule has 0 spiro atoms. The van der Waals surface area contributed by atoms with E-state index in [1.807, 2.05) is 19.1 Å². The van der Waals surface area contributed by atoms with Crippen LogP contribution in [0.2, 0.25) is 0 Å². The van der Waals surface area contributed by atoms with Crippen LogP contribution in [0.5, 0.6) is 0 Å². The number of nitriles is 1. The number of nitrogens with zero attached hydrogens (tertiary/aromatic N) is 3. The third-order valence-electron chi connectivity index (χ3n) is 2.93. The van der Waals surface area contributed by atoms with E-state index in [2.05, 4.69) is 10.3 Å². The smallest absolute Gasteiger partial charge is 0.287 e. The monoisotopic (exact) mass is 268 g/mol. The van der Waals surface area contributed by atoms with Gasteiger partial charge in [-0.3, -0.25) is 15.1 Å². The Morgan fingerprint density at radius 3 is 2.90 bits per heavy atom. The molecule has 0 aliphatic carbocycles. The molecule has 6 heteroatoms. The molecule has 6 nitrogen and oxygen atoms in total. The highest BCUT2D eigenvalue weighted by Gasteiger charge is 2.13. The first-order valence-electron chi connectivity index (χ1n) is 5.93. The molecule has 0 saturated heterocycles. The summed E-state index contributed by atoms with van der Waals surface area (Å²) in [6, 6.07) is 8.14. The van der Waals surface area contributed by atoms with Gasteiger partial charge in [0.15, 0.2) is 0 Å². The molecular weight excluding hydrogens is 256 g/mol. The number of pyridine rings is 1. The normalized spacial score (nSPS) is 9.80. The van der Waals surface area contributed by atoms with Crippen LogP contribution in [0.25, 0.3) is 0 Å². The van der Waals surface area contributed by atoms with Crippen molar-refractivity contribution in [3.05, 3.63) is 63.5 Å². The number of anilines is 1. The van der Waals surface area contributed by atoms with E-state index in [1.54, 1.807) is 18.5 Å². The zero-order chi connectivity index (χ0) is 14.5. The molecule has 2 rings (SSSR count). The van der Waals surface area contributed by atoms with Crippen LogP contribution in [0.4, 0.5) is 11.4 Å². The number of nitro groups is 1. The van der Waals surface area contributed by atoms with E-state index in [9.17, 15) is 10.1 Å². The van der Waals surface area contributed by atoms with Gasteiger partial charge in [0.2, 0.25) is 0 Å². The molecule has 0 radical (unpaired) electrons. The van der Waals surface area contributed by atoms with Crippen molar-refractivity contribution in [2.75, 3.05) is 5.32 Å². The number of nitro benzene ring substituents is 1. The largest absolute Gasteiger partial charge is 0.381 e. The lowest BCUT2D eigenvalue weighted by molar-refractivity contribution is -0.385. The van der Waals surface area contributed by atoms with Crippen LogP contribution >= 0.6 is 0 Å². The van der Waals surface area contributed by atoms with E-state index < -0.39 is 4.92 Å². The fourth-order valence-electron chi connectivity index (χ4n) is 1.79. The number of aryl methyl sites for hydroxylation is 1. The van der Waals surface area contributed by atoms with Crippen LogP contribution in [-0.2, 0) is 6.54 Å². The van der Waals surface area contributed by atoms with E-state index in [1.165, 1.54) is 12.1 Å². The van der Waals surface area contributed by atoms with Crippen LogP contribution in [0, 0.1) is 28.4 Å². The van der Waals surface area contributed by atoms with Crippen molar-refractivity contribution in [3.63, 3.8) is 0 Å². The highest BCUT2D eigenvalue weighted by atomic mass is 16.6. The summed E-state index contributed by atoms with van der Waals surface area (Å²) in [7, 11) is 0. The molecule has 0 atom stereocenters. The summed E-state index contributed by atoms with van der Waals surface area (Å²) >= 11 is 0. The van der Waals surface area contributed by atoms with Gasteiger partial charge in [-0.15, -0.1) is 0 Å². The Morgan fingerprint density at radius 2 is 2.25 bits per heavy atom. The SMILES string of the molecule is Cc1cnccc1CNc1ccc([N+](=O)[O-])c(C#N)c1. The Labute approximate surface area is 115 Å². The van der Waals surface area contributed by atoms with Gasteiger partial charge in [0.05, 0.1) is 4.92 Å². The molecule has 2 aromatic rings. The number of nitrogens with one attached hydrogen (secondary N) is 1. The van der Waals surface area contributed by atoms with Gasteiger partial charge in [-0.25, -0.2) is 0 Å². The van der Waals surface area contributed by atoms with Gasteiger partial charge >= 0.3 is 0 Å². The van der Waals surface area contributed by atoms with Crippen molar-refractivity contribution in [1.82, 2.24) is 4.98 Å². The summed E-state index contributed by atoms with van der Waals surface area (Å²) in [5, 5.41) is 22.8. The first kappa shape index (κ1) is 13.5. The second kappa shape index (κ2) is 5.80. The summed E-state index contributed by atoms with van der Waals surface area (Å²) in [4.78, 5) is 14.2. The Morgan fingerprint density at radius 1 is 1.45 bits per heavy atom.